The summed E-state index contributed by atoms with van der Waals surface area (Å²) < 4.78 is 0. The lowest BCUT2D eigenvalue weighted by Gasteiger charge is -2.18. The molecule has 4 nitrogen and oxygen atoms in total. The average Bonchev–Trinajstić information content (AvgIpc) is 2.28. The minimum atomic E-state index is -0.552. The van der Waals surface area contributed by atoms with Crippen LogP contribution in [0.4, 0.5) is 0 Å². The number of benzene rings is 1. The van der Waals surface area contributed by atoms with E-state index in [4.69, 9.17) is 5.73 Å². The summed E-state index contributed by atoms with van der Waals surface area (Å²) in [5, 5.41) is 12.0. The first kappa shape index (κ1) is 14.7. The van der Waals surface area contributed by atoms with E-state index < -0.39 is 12.1 Å². The van der Waals surface area contributed by atoms with Crippen LogP contribution < -0.4 is 11.1 Å². The summed E-state index contributed by atoms with van der Waals surface area (Å²) in [7, 11) is 0. The third-order valence-corrected chi connectivity index (χ3v) is 2.72. The molecular formula is C14H22N2O2. The molecule has 2 unspecified atom stereocenters. The topological polar surface area (TPSA) is 75.3 Å². The van der Waals surface area contributed by atoms with Crippen LogP contribution in [0.2, 0.25) is 0 Å². The molecule has 0 heterocycles. The average molecular weight is 250 g/mol. The van der Waals surface area contributed by atoms with E-state index in [0.29, 0.717) is 12.8 Å². The van der Waals surface area contributed by atoms with Crippen LogP contribution in [0.15, 0.2) is 30.3 Å². The Kier molecular flexibility index (Phi) is 5.82. The normalized spacial score (nSPS) is 15.8. The van der Waals surface area contributed by atoms with Gasteiger partial charge in [-0.05, 0) is 32.3 Å². The zero-order valence-electron chi connectivity index (χ0n) is 11.0. The van der Waals surface area contributed by atoms with E-state index in [1.54, 1.807) is 6.92 Å². The molecule has 0 saturated carbocycles. The van der Waals surface area contributed by atoms with E-state index in [-0.39, 0.29) is 11.9 Å². The summed E-state index contributed by atoms with van der Waals surface area (Å²) in [6.07, 6.45) is 0.628. The molecule has 1 aromatic rings. The van der Waals surface area contributed by atoms with Crippen molar-refractivity contribution >= 4 is 5.91 Å². The maximum atomic E-state index is 11.8. The lowest BCUT2D eigenvalue weighted by atomic mass is 10.1. The number of rotatable bonds is 6. The standard InChI is InChI=1S/C14H22N2O2/c1-10(8-11(2)17)16-14(18)13(15)9-12-6-4-3-5-7-12/h3-7,10-11,13,17H,8-9,15H2,1-2H3,(H,16,18)/t10?,11?,13-/m1/s1. The predicted octanol–water partition coefficient (Wildman–Crippen LogP) is 0.832. The Morgan fingerprint density at radius 2 is 1.94 bits per heavy atom. The number of amides is 1. The molecule has 0 radical (unpaired) electrons. The fraction of sp³-hybridized carbons (Fsp3) is 0.500. The predicted molar refractivity (Wildman–Crippen MR) is 72.0 cm³/mol. The SMILES string of the molecule is CC(O)CC(C)NC(=O)[C@H](N)Cc1ccccc1. The van der Waals surface area contributed by atoms with Gasteiger partial charge in [-0.1, -0.05) is 30.3 Å². The van der Waals surface area contributed by atoms with Gasteiger partial charge in [0.25, 0.3) is 0 Å². The van der Waals surface area contributed by atoms with E-state index in [0.717, 1.165) is 5.56 Å². The highest BCUT2D eigenvalue weighted by Crippen LogP contribution is 2.03. The number of hydrogen-bond acceptors (Lipinski definition) is 3. The molecule has 0 aliphatic carbocycles. The number of aliphatic hydroxyl groups excluding tert-OH is 1. The van der Waals surface area contributed by atoms with Crippen LogP contribution in [0, 0.1) is 0 Å². The van der Waals surface area contributed by atoms with Gasteiger partial charge in [0.1, 0.15) is 0 Å². The Balaban J connectivity index is 2.42. The second-order valence-corrected chi connectivity index (χ2v) is 4.79. The van der Waals surface area contributed by atoms with Gasteiger partial charge in [-0.25, -0.2) is 0 Å². The highest BCUT2D eigenvalue weighted by Gasteiger charge is 2.16. The summed E-state index contributed by atoms with van der Waals surface area (Å²) in [5.74, 6) is -0.174. The molecular weight excluding hydrogens is 228 g/mol. The van der Waals surface area contributed by atoms with Crippen molar-refractivity contribution in [1.82, 2.24) is 5.32 Å². The number of carbonyl (C=O) groups is 1. The zero-order valence-corrected chi connectivity index (χ0v) is 11.0. The second-order valence-electron chi connectivity index (χ2n) is 4.79. The minimum Gasteiger partial charge on any atom is -0.393 e. The van der Waals surface area contributed by atoms with Crippen molar-refractivity contribution in [2.45, 2.75) is 44.9 Å². The summed E-state index contributed by atoms with van der Waals surface area (Å²) in [4.78, 5) is 11.8. The van der Waals surface area contributed by atoms with Gasteiger partial charge in [0.15, 0.2) is 0 Å². The molecule has 0 bridgehead atoms. The van der Waals surface area contributed by atoms with Crippen LogP contribution >= 0.6 is 0 Å². The second kappa shape index (κ2) is 7.13. The van der Waals surface area contributed by atoms with Gasteiger partial charge in [-0.3, -0.25) is 4.79 Å². The van der Waals surface area contributed by atoms with Crippen molar-refractivity contribution in [3.63, 3.8) is 0 Å². The van der Waals surface area contributed by atoms with Gasteiger partial charge in [0.2, 0.25) is 5.91 Å². The van der Waals surface area contributed by atoms with Crippen LogP contribution in [0.5, 0.6) is 0 Å². The first-order valence-corrected chi connectivity index (χ1v) is 6.27. The first-order chi connectivity index (χ1) is 8.49. The van der Waals surface area contributed by atoms with Crippen LogP contribution in [0.1, 0.15) is 25.8 Å². The van der Waals surface area contributed by atoms with Gasteiger partial charge in [-0.15, -0.1) is 0 Å². The molecule has 0 spiro atoms. The number of hydrogen-bond donors (Lipinski definition) is 3. The third kappa shape index (κ3) is 5.29. The molecule has 1 aromatic carbocycles. The Bertz CT molecular complexity index is 365. The van der Waals surface area contributed by atoms with Crippen molar-refractivity contribution in [3.05, 3.63) is 35.9 Å². The maximum absolute atomic E-state index is 11.8. The van der Waals surface area contributed by atoms with Crippen molar-refractivity contribution in [1.29, 1.82) is 0 Å². The molecule has 4 heteroatoms. The molecule has 1 amide bonds. The van der Waals surface area contributed by atoms with Crippen molar-refractivity contribution in [3.8, 4) is 0 Å². The summed E-state index contributed by atoms with van der Waals surface area (Å²) >= 11 is 0. The molecule has 3 atom stereocenters. The molecule has 18 heavy (non-hydrogen) atoms. The quantitative estimate of drug-likeness (QED) is 0.700. The number of nitrogens with two attached hydrogens (primary N) is 1. The lowest BCUT2D eigenvalue weighted by Crippen LogP contribution is -2.46. The zero-order chi connectivity index (χ0) is 13.5. The Labute approximate surface area is 108 Å². The molecule has 0 fully saturated rings. The third-order valence-electron chi connectivity index (χ3n) is 2.72. The van der Waals surface area contributed by atoms with Gasteiger partial charge in [0.05, 0.1) is 12.1 Å². The van der Waals surface area contributed by atoms with Crippen LogP contribution in [-0.4, -0.2) is 29.2 Å². The molecule has 0 aliphatic heterocycles. The van der Waals surface area contributed by atoms with Gasteiger partial charge >= 0.3 is 0 Å². The fourth-order valence-corrected chi connectivity index (χ4v) is 1.88. The smallest absolute Gasteiger partial charge is 0.237 e. The maximum Gasteiger partial charge on any atom is 0.237 e. The van der Waals surface area contributed by atoms with E-state index in [2.05, 4.69) is 5.32 Å². The summed E-state index contributed by atoms with van der Waals surface area (Å²) in [6.45, 7) is 3.56. The lowest BCUT2D eigenvalue weighted by molar-refractivity contribution is -0.123. The first-order valence-electron chi connectivity index (χ1n) is 6.27. The highest BCUT2D eigenvalue weighted by molar-refractivity contribution is 5.82. The Morgan fingerprint density at radius 3 is 2.50 bits per heavy atom. The number of nitrogens with one attached hydrogen (secondary N) is 1. The molecule has 0 aromatic heterocycles. The van der Waals surface area contributed by atoms with Gasteiger partial charge < -0.3 is 16.2 Å². The Morgan fingerprint density at radius 1 is 1.33 bits per heavy atom. The minimum absolute atomic E-state index is 0.0701. The van der Waals surface area contributed by atoms with E-state index in [1.165, 1.54) is 0 Å². The van der Waals surface area contributed by atoms with E-state index in [1.807, 2.05) is 37.3 Å². The van der Waals surface area contributed by atoms with Crippen LogP contribution in [0.3, 0.4) is 0 Å². The number of carbonyl (C=O) groups excluding carboxylic acids is 1. The van der Waals surface area contributed by atoms with Crippen LogP contribution in [-0.2, 0) is 11.2 Å². The monoisotopic (exact) mass is 250 g/mol. The van der Waals surface area contributed by atoms with Crippen molar-refractivity contribution in [2.75, 3.05) is 0 Å². The van der Waals surface area contributed by atoms with Crippen molar-refractivity contribution < 1.29 is 9.90 Å². The van der Waals surface area contributed by atoms with Crippen molar-refractivity contribution in [2.24, 2.45) is 5.73 Å². The largest absolute Gasteiger partial charge is 0.393 e. The molecule has 1 rings (SSSR count). The van der Waals surface area contributed by atoms with Gasteiger partial charge in [0, 0.05) is 6.04 Å². The summed E-state index contributed by atoms with van der Waals surface area (Å²) in [5.41, 5.74) is 6.90. The molecule has 0 saturated heterocycles. The molecule has 0 aliphatic rings. The highest BCUT2D eigenvalue weighted by atomic mass is 16.3. The number of aliphatic hydroxyl groups is 1. The van der Waals surface area contributed by atoms with E-state index >= 15 is 0 Å². The summed E-state index contributed by atoms with van der Waals surface area (Å²) in [6, 6.07) is 9.06. The molecule has 100 valence electrons. The Hall–Kier alpha value is -1.39. The molecule has 4 N–H and O–H groups in total. The van der Waals surface area contributed by atoms with Crippen LogP contribution in [0.25, 0.3) is 0 Å². The van der Waals surface area contributed by atoms with E-state index in [9.17, 15) is 9.90 Å². The fourth-order valence-electron chi connectivity index (χ4n) is 1.88. The van der Waals surface area contributed by atoms with Gasteiger partial charge in [-0.2, -0.15) is 0 Å².